The summed E-state index contributed by atoms with van der Waals surface area (Å²) in [6, 6.07) is 17.4. The van der Waals surface area contributed by atoms with Gasteiger partial charge in [0.1, 0.15) is 24.5 Å². The lowest BCUT2D eigenvalue weighted by atomic mass is 10.1. The predicted molar refractivity (Wildman–Crippen MR) is 107 cm³/mol. The molecule has 134 valence electrons. The molecule has 0 unspecified atom stereocenters. The second kappa shape index (κ2) is 7.29. The van der Waals surface area contributed by atoms with E-state index in [4.69, 9.17) is 10.5 Å². The topological polar surface area (TPSA) is 86.0 Å². The Morgan fingerprint density at radius 2 is 1.85 bits per heavy atom. The zero-order valence-electron chi connectivity index (χ0n) is 14.9. The van der Waals surface area contributed by atoms with Gasteiger partial charge in [-0.2, -0.15) is 0 Å². The molecule has 0 saturated heterocycles. The molecule has 0 spiro atoms. The van der Waals surface area contributed by atoms with Crippen LogP contribution in [0.3, 0.4) is 0 Å². The quantitative estimate of drug-likeness (QED) is 0.520. The number of fused-ring (bicyclic) bond motifs is 1. The summed E-state index contributed by atoms with van der Waals surface area (Å²) in [5, 5.41) is 4.25. The SMILES string of the molecule is Cc1cc(Nc2ncnc3ccccc23)c(N)cc1OCc1ccccn1. The largest absolute Gasteiger partial charge is 0.487 e. The first-order valence-electron chi connectivity index (χ1n) is 8.60. The van der Waals surface area contributed by atoms with Crippen LogP contribution >= 0.6 is 0 Å². The summed E-state index contributed by atoms with van der Waals surface area (Å²) in [6.45, 7) is 2.38. The number of rotatable bonds is 5. The van der Waals surface area contributed by atoms with Crippen LogP contribution in [0.1, 0.15) is 11.3 Å². The molecule has 2 aromatic carbocycles. The van der Waals surface area contributed by atoms with Gasteiger partial charge in [0.2, 0.25) is 0 Å². The summed E-state index contributed by atoms with van der Waals surface area (Å²) in [5.41, 5.74) is 10.3. The van der Waals surface area contributed by atoms with Crippen LogP contribution < -0.4 is 15.8 Å². The number of para-hydroxylation sites is 1. The summed E-state index contributed by atoms with van der Waals surface area (Å²) < 4.78 is 5.88. The number of benzene rings is 2. The molecule has 2 heterocycles. The van der Waals surface area contributed by atoms with Crippen molar-refractivity contribution in [2.75, 3.05) is 11.1 Å². The van der Waals surface area contributed by atoms with Gasteiger partial charge in [0.05, 0.1) is 22.6 Å². The number of hydrogen-bond acceptors (Lipinski definition) is 6. The zero-order valence-corrected chi connectivity index (χ0v) is 14.9. The maximum Gasteiger partial charge on any atom is 0.141 e. The molecule has 0 radical (unpaired) electrons. The van der Waals surface area contributed by atoms with Crippen LogP contribution in [0.4, 0.5) is 17.2 Å². The number of nitrogens with two attached hydrogens (primary N) is 1. The Kier molecular flexibility index (Phi) is 4.53. The molecule has 6 nitrogen and oxygen atoms in total. The van der Waals surface area contributed by atoms with E-state index in [1.54, 1.807) is 6.20 Å². The standard InChI is InChI=1S/C21H19N5O/c1-14-10-19(26-21-16-7-2-3-8-18(16)24-13-25-21)17(22)11-20(14)27-12-15-6-4-5-9-23-15/h2-11,13H,12,22H2,1H3,(H,24,25,26). The lowest BCUT2D eigenvalue weighted by molar-refractivity contribution is 0.299. The van der Waals surface area contributed by atoms with E-state index >= 15 is 0 Å². The second-order valence-corrected chi connectivity index (χ2v) is 6.18. The van der Waals surface area contributed by atoms with E-state index in [1.165, 1.54) is 6.33 Å². The predicted octanol–water partition coefficient (Wildman–Crippen LogP) is 4.24. The Bertz CT molecular complexity index is 1080. The van der Waals surface area contributed by atoms with Gasteiger partial charge in [-0.25, -0.2) is 9.97 Å². The summed E-state index contributed by atoms with van der Waals surface area (Å²) in [6.07, 6.45) is 3.29. The van der Waals surface area contributed by atoms with Gasteiger partial charge < -0.3 is 15.8 Å². The first kappa shape index (κ1) is 16.8. The molecule has 2 aromatic heterocycles. The van der Waals surface area contributed by atoms with Gasteiger partial charge in [0.25, 0.3) is 0 Å². The van der Waals surface area contributed by atoms with Crippen LogP contribution in [0, 0.1) is 6.92 Å². The zero-order chi connectivity index (χ0) is 18.6. The van der Waals surface area contributed by atoms with Crippen molar-refractivity contribution in [2.45, 2.75) is 13.5 Å². The van der Waals surface area contributed by atoms with Crippen LogP contribution in [0.2, 0.25) is 0 Å². The number of nitrogens with zero attached hydrogens (tertiary/aromatic N) is 3. The minimum Gasteiger partial charge on any atom is -0.487 e. The van der Waals surface area contributed by atoms with E-state index in [0.29, 0.717) is 18.1 Å². The Labute approximate surface area is 157 Å². The molecule has 0 saturated carbocycles. The molecule has 0 fully saturated rings. The third-order valence-electron chi connectivity index (χ3n) is 4.24. The number of nitrogen functional groups attached to an aromatic ring is 1. The molecular weight excluding hydrogens is 338 g/mol. The van der Waals surface area contributed by atoms with Crippen molar-refractivity contribution in [1.82, 2.24) is 15.0 Å². The third-order valence-corrected chi connectivity index (χ3v) is 4.24. The summed E-state index contributed by atoms with van der Waals surface area (Å²) in [7, 11) is 0. The number of nitrogens with one attached hydrogen (secondary N) is 1. The van der Waals surface area contributed by atoms with Gasteiger partial charge >= 0.3 is 0 Å². The number of ether oxygens (including phenoxy) is 1. The number of aryl methyl sites for hydroxylation is 1. The Hall–Kier alpha value is -3.67. The lowest BCUT2D eigenvalue weighted by Gasteiger charge is -2.15. The van der Waals surface area contributed by atoms with Crippen LogP contribution in [0.5, 0.6) is 5.75 Å². The lowest BCUT2D eigenvalue weighted by Crippen LogP contribution is -2.03. The molecule has 0 aliphatic heterocycles. The highest BCUT2D eigenvalue weighted by atomic mass is 16.5. The van der Waals surface area contributed by atoms with Gasteiger partial charge in [0, 0.05) is 17.6 Å². The average molecular weight is 357 g/mol. The molecule has 0 amide bonds. The molecule has 0 bridgehead atoms. The van der Waals surface area contributed by atoms with E-state index in [0.717, 1.165) is 33.6 Å². The molecule has 27 heavy (non-hydrogen) atoms. The number of aromatic nitrogens is 3. The highest BCUT2D eigenvalue weighted by Crippen LogP contribution is 2.32. The summed E-state index contributed by atoms with van der Waals surface area (Å²) >= 11 is 0. The molecule has 6 heteroatoms. The van der Waals surface area contributed by atoms with Crippen molar-refractivity contribution < 1.29 is 4.74 Å². The van der Waals surface area contributed by atoms with Crippen LogP contribution in [0.25, 0.3) is 10.9 Å². The normalized spacial score (nSPS) is 10.7. The molecule has 0 atom stereocenters. The average Bonchev–Trinajstić information content (AvgIpc) is 2.70. The monoisotopic (exact) mass is 357 g/mol. The molecular formula is C21H19N5O. The van der Waals surface area contributed by atoms with Crippen molar-refractivity contribution in [3.05, 3.63) is 78.4 Å². The van der Waals surface area contributed by atoms with Gasteiger partial charge in [-0.15, -0.1) is 0 Å². The van der Waals surface area contributed by atoms with Crippen molar-refractivity contribution in [2.24, 2.45) is 0 Å². The van der Waals surface area contributed by atoms with Crippen LogP contribution in [-0.2, 0) is 6.61 Å². The van der Waals surface area contributed by atoms with Crippen LogP contribution in [0.15, 0.2) is 67.1 Å². The van der Waals surface area contributed by atoms with E-state index < -0.39 is 0 Å². The fourth-order valence-electron chi connectivity index (χ4n) is 2.83. The molecule has 0 aliphatic carbocycles. The Morgan fingerprint density at radius 3 is 2.70 bits per heavy atom. The van der Waals surface area contributed by atoms with Gasteiger partial charge in [-0.05, 0) is 42.8 Å². The van der Waals surface area contributed by atoms with E-state index in [9.17, 15) is 0 Å². The number of pyridine rings is 1. The van der Waals surface area contributed by atoms with Gasteiger partial charge in [-0.1, -0.05) is 18.2 Å². The van der Waals surface area contributed by atoms with Crippen molar-refractivity contribution >= 4 is 28.1 Å². The minimum atomic E-state index is 0.393. The van der Waals surface area contributed by atoms with Crippen molar-refractivity contribution in [3.8, 4) is 5.75 Å². The molecule has 4 aromatic rings. The van der Waals surface area contributed by atoms with Crippen LogP contribution in [-0.4, -0.2) is 15.0 Å². The fourth-order valence-corrected chi connectivity index (χ4v) is 2.83. The molecule has 0 aliphatic rings. The smallest absolute Gasteiger partial charge is 0.141 e. The minimum absolute atomic E-state index is 0.393. The van der Waals surface area contributed by atoms with E-state index in [2.05, 4.69) is 20.3 Å². The Balaban J connectivity index is 1.58. The third kappa shape index (κ3) is 3.64. The number of hydrogen-bond donors (Lipinski definition) is 2. The first-order valence-corrected chi connectivity index (χ1v) is 8.60. The summed E-state index contributed by atoms with van der Waals surface area (Å²) in [5.74, 6) is 1.45. The van der Waals surface area contributed by atoms with E-state index in [1.807, 2.05) is 61.5 Å². The highest BCUT2D eigenvalue weighted by molar-refractivity contribution is 5.91. The van der Waals surface area contributed by atoms with E-state index in [-0.39, 0.29) is 0 Å². The van der Waals surface area contributed by atoms with Gasteiger partial charge in [-0.3, -0.25) is 4.98 Å². The van der Waals surface area contributed by atoms with Gasteiger partial charge in [0.15, 0.2) is 0 Å². The molecule has 3 N–H and O–H groups in total. The number of anilines is 3. The highest BCUT2D eigenvalue weighted by Gasteiger charge is 2.10. The first-order chi connectivity index (χ1) is 13.2. The van der Waals surface area contributed by atoms with Crippen molar-refractivity contribution in [1.29, 1.82) is 0 Å². The fraction of sp³-hybridized carbons (Fsp3) is 0.0952. The van der Waals surface area contributed by atoms with Crippen molar-refractivity contribution in [3.63, 3.8) is 0 Å². The molecule has 4 rings (SSSR count). The summed E-state index contributed by atoms with van der Waals surface area (Å²) in [4.78, 5) is 12.9. The Morgan fingerprint density at radius 1 is 1.00 bits per heavy atom. The maximum atomic E-state index is 6.25. The maximum absolute atomic E-state index is 6.25. The second-order valence-electron chi connectivity index (χ2n) is 6.18.